The molecule has 0 N–H and O–H groups in total. The Kier molecular flexibility index (Phi) is 3.90. The van der Waals surface area contributed by atoms with Gasteiger partial charge in [-0.15, -0.1) is 0 Å². The minimum Gasteiger partial charge on any atom is -0.465 e. The van der Waals surface area contributed by atoms with Gasteiger partial charge in [-0.1, -0.05) is 22.0 Å². The van der Waals surface area contributed by atoms with Gasteiger partial charge in [0.25, 0.3) is 0 Å². The van der Waals surface area contributed by atoms with E-state index in [1.807, 2.05) is 0 Å². The predicted molar refractivity (Wildman–Crippen MR) is 74.3 cm³/mol. The van der Waals surface area contributed by atoms with Gasteiger partial charge in [0, 0.05) is 23.9 Å². The fourth-order valence-corrected chi connectivity index (χ4v) is 2.24. The quantitative estimate of drug-likeness (QED) is 0.809. The Morgan fingerprint density at radius 2 is 2.11 bits per heavy atom. The summed E-state index contributed by atoms with van der Waals surface area (Å²) >= 11 is 3.40. The molecule has 5 nitrogen and oxygen atoms in total. The van der Waals surface area contributed by atoms with Gasteiger partial charge >= 0.3 is 11.7 Å². The molecule has 0 spiro atoms. The lowest BCUT2D eigenvalue weighted by Crippen LogP contribution is -2.22. The second-order valence-corrected chi connectivity index (χ2v) is 4.97. The summed E-state index contributed by atoms with van der Waals surface area (Å²) in [4.78, 5) is 23.1. The van der Waals surface area contributed by atoms with Crippen LogP contribution in [0.5, 0.6) is 0 Å². The lowest BCUT2D eigenvalue weighted by molar-refractivity contribution is 0.0600. The molecule has 0 aliphatic heterocycles. The fourth-order valence-electron chi connectivity index (χ4n) is 1.73. The van der Waals surface area contributed by atoms with Crippen LogP contribution in [-0.2, 0) is 18.3 Å². The monoisotopic (exact) mass is 324 g/mol. The van der Waals surface area contributed by atoms with E-state index >= 15 is 0 Å². The van der Waals surface area contributed by atoms with Crippen molar-refractivity contribution in [2.45, 2.75) is 6.54 Å². The number of rotatable bonds is 3. The number of carbonyl (C=O) groups is 1. The van der Waals surface area contributed by atoms with Gasteiger partial charge in [-0.3, -0.25) is 4.57 Å². The number of hydrogen-bond acceptors (Lipinski definition) is 3. The molecule has 1 aromatic carbocycles. The van der Waals surface area contributed by atoms with Crippen molar-refractivity contribution in [1.29, 1.82) is 0 Å². The predicted octanol–water partition coefficient (Wildman–Crippen LogP) is 1.78. The van der Waals surface area contributed by atoms with Crippen LogP contribution < -0.4 is 5.69 Å². The number of imidazole rings is 1. The standard InChI is InChI=1S/C13H13BrN2O3/c1-15-5-6-16(13(15)18)8-10-4-3-9(7-11(10)14)12(17)19-2/h3-7H,8H2,1-2H3. The van der Waals surface area contributed by atoms with E-state index in [0.29, 0.717) is 12.1 Å². The first kappa shape index (κ1) is 13.6. The number of methoxy groups -OCH3 is 1. The molecular weight excluding hydrogens is 312 g/mol. The van der Waals surface area contributed by atoms with Crippen LogP contribution in [0.15, 0.2) is 39.9 Å². The molecule has 0 unspecified atom stereocenters. The first-order valence-corrected chi connectivity index (χ1v) is 6.40. The third-order valence-electron chi connectivity index (χ3n) is 2.83. The van der Waals surface area contributed by atoms with Gasteiger partial charge in [0.2, 0.25) is 0 Å². The van der Waals surface area contributed by atoms with Crippen molar-refractivity contribution in [3.8, 4) is 0 Å². The zero-order valence-corrected chi connectivity index (χ0v) is 12.2. The van der Waals surface area contributed by atoms with Gasteiger partial charge < -0.3 is 9.30 Å². The van der Waals surface area contributed by atoms with Crippen LogP contribution in [0, 0.1) is 0 Å². The number of aromatic nitrogens is 2. The highest BCUT2D eigenvalue weighted by molar-refractivity contribution is 9.10. The summed E-state index contributed by atoms with van der Waals surface area (Å²) < 4.78 is 8.53. The SMILES string of the molecule is COC(=O)c1ccc(Cn2ccn(C)c2=O)c(Br)c1. The third-order valence-corrected chi connectivity index (χ3v) is 3.57. The van der Waals surface area contributed by atoms with Crippen LogP contribution >= 0.6 is 15.9 Å². The number of hydrogen-bond donors (Lipinski definition) is 0. The molecule has 2 rings (SSSR count). The number of aryl methyl sites for hydroxylation is 1. The van der Waals surface area contributed by atoms with Crippen molar-refractivity contribution in [2.75, 3.05) is 7.11 Å². The summed E-state index contributed by atoms with van der Waals surface area (Å²) in [6, 6.07) is 5.17. The average Bonchev–Trinajstić information content (AvgIpc) is 2.72. The van der Waals surface area contributed by atoms with Crippen molar-refractivity contribution in [3.05, 3.63) is 56.7 Å². The molecule has 0 saturated carbocycles. The molecule has 6 heteroatoms. The zero-order chi connectivity index (χ0) is 14.0. The Morgan fingerprint density at radius 1 is 1.37 bits per heavy atom. The molecule has 2 aromatic rings. The van der Waals surface area contributed by atoms with E-state index in [1.165, 1.54) is 11.7 Å². The van der Waals surface area contributed by atoms with Crippen LogP contribution in [0.25, 0.3) is 0 Å². The van der Waals surface area contributed by atoms with E-state index in [2.05, 4.69) is 20.7 Å². The molecule has 0 saturated heterocycles. The maximum atomic E-state index is 11.7. The number of halogens is 1. The van der Waals surface area contributed by atoms with Gasteiger partial charge in [-0.2, -0.15) is 0 Å². The first-order valence-electron chi connectivity index (χ1n) is 5.61. The molecule has 0 aliphatic rings. The number of benzene rings is 1. The number of nitrogens with zero attached hydrogens (tertiary/aromatic N) is 2. The molecule has 0 radical (unpaired) electrons. The van der Waals surface area contributed by atoms with Crippen molar-refractivity contribution >= 4 is 21.9 Å². The summed E-state index contributed by atoms with van der Waals surface area (Å²) in [5.74, 6) is -0.385. The van der Waals surface area contributed by atoms with Gasteiger partial charge in [0.15, 0.2) is 0 Å². The summed E-state index contributed by atoms with van der Waals surface area (Å²) in [6.07, 6.45) is 3.43. The molecule has 0 fully saturated rings. The molecule has 1 aromatic heterocycles. The largest absolute Gasteiger partial charge is 0.465 e. The van der Waals surface area contributed by atoms with Crippen molar-refractivity contribution in [2.24, 2.45) is 7.05 Å². The topological polar surface area (TPSA) is 53.2 Å². The molecule has 0 bridgehead atoms. The fraction of sp³-hybridized carbons (Fsp3) is 0.231. The van der Waals surface area contributed by atoms with E-state index in [4.69, 9.17) is 0 Å². The van der Waals surface area contributed by atoms with E-state index < -0.39 is 0 Å². The Balaban J connectivity index is 2.29. The molecule has 0 aliphatic carbocycles. The van der Waals surface area contributed by atoms with Crippen molar-refractivity contribution < 1.29 is 9.53 Å². The van der Waals surface area contributed by atoms with Crippen LogP contribution in [0.3, 0.4) is 0 Å². The van der Waals surface area contributed by atoms with Crippen LogP contribution in [0.2, 0.25) is 0 Å². The lowest BCUT2D eigenvalue weighted by atomic mass is 10.1. The molecular formula is C13H13BrN2O3. The number of esters is 1. The Bertz CT molecular complexity index is 673. The Morgan fingerprint density at radius 3 is 2.63 bits per heavy atom. The molecule has 19 heavy (non-hydrogen) atoms. The zero-order valence-electron chi connectivity index (χ0n) is 10.6. The van der Waals surface area contributed by atoms with Crippen LogP contribution in [0.4, 0.5) is 0 Å². The minimum atomic E-state index is -0.385. The highest BCUT2D eigenvalue weighted by Gasteiger charge is 2.09. The van der Waals surface area contributed by atoms with Gasteiger partial charge in [0.05, 0.1) is 19.2 Å². The van der Waals surface area contributed by atoms with E-state index in [9.17, 15) is 9.59 Å². The first-order chi connectivity index (χ1) is 9.02. The molecule has 100 valence electrons. The second-order valence-electron chi connectivity index (χ2n) is 4.12. The molecule has 1 heterocycles. The molecule has 0 amide bonds. The van der Waals surface area contributed by atoms with Crippen molar-refractivity contribution in [1.82, 2.24) is 9.13 Å². The number of carbonyl (C=O) groups excluding carboxylic acids is 1. The summed E-state index contributed by atoms with van der Waals surface area (Å²) in [5, 5.41) is 0. The highest BCUT2D eigenvalue weighted by atomic mass is 79.9. The van der Waals surface area contributed by atoms with E-state index in [0.717, 1.165) is 10.0 Å². The number of ether oxygens (including phenoxy) is 1. The summed E-state index contributed by atoms with van der Waals surface area (Å²) in [6.45, 7) is 0.446. The average molecular weight is 325 g/mol. The Hall–Kier alpha value is -1.82. The lowest BCUT2D eigenvalue weighted by Gasteiger charge is -2.07. The minimum absolute atomic E-state index is 0.0797. The normalized spacial score (nSPS) is 10.5. The smallest absolute Gasteiger partial charge is 0.337 e. The molecule has 0 atom stereocenters. The van der Waals surface area contributed by atoms with Gasteiger partial charge in [-0.25, -0.2) is 9.59 Å². The summed E-state index contributed by atoms with van der Waals surface area (Å²) in [5.41, 5.74) is 1.31. The Labute approximate surface area is 118 Å². The third kappa shape index (κ3) is 2.78. The van der Waals surface area contributed by atoms with Gasteiger partial charge in [0.1, 0.15) is 0 Å². The second kappa shape index (κ2) is 5.44. The van der Waals surface area contributed by atoms with E-state index in [-0.39, 0.29) is 11.7 Å². The van der Waals surface area contributed by atoms with Crippen LogP contribution in [-0.4, -0.2) is 22.2 Å². The maximum Gasteiger partial charge on any atom is 0.337 e. The summed E-state index contributed by atoms with van der Waals surface area (Å²) in [7, 11) is 3.04. The van der Waals surface area contributed by atoms with Crippen molar-refractivity contribution in [3.63, 3.8) is 0 Å². The highest BCUT2D eigenvalue weighted by Crippen LogP contribution is 2.20. The maximum absolute atomic E-state index is 11.7. The van der Waals surface area contributed by atoms with Gasteiger partial charge in [-0.05, 0) is 17.7 Å². The van der Waals surface area contributed by atoms with Crippen LogP contribution in [0.1, 0.15) is 15.9 Å². The van der Waals surface area contributed by atoms with E-state index in [1.54, 1.807) is 42.2 Å².